The minimum atomic E-state index is -3.93. The predicted octanol–water partition coefficient (Wildman–Crippen LogP) is 3.05. The summed E-state index contributed by atoms with van der Waals surface area (Å²) in [5, 5.41) is 8.28. The van der Waals surface area contributed by atoms with Crippen molar-refractivity contribution >= 4 is 27.0 Å². The lowest BCUT2D eigenvalue weighted by atomic mass is 10.0. The largest absolute Gasteiger partial charge is 0.338 e. The third-order valence-electron chi connectivity index (χ3n) is 5.27. The van der Waals surface area contributed by atoms with E-state index < -0.39 is 22.0 Å². The maximum atomic E-state index is 13.2. The highest BCUT2D eigenvalue weighted by Crippen LogP contribution is 2.26. The molecule has 4 aromatic rings. The van der Waals surface area contributed by atoms with Crippen molar-refractivity contribution in [2.24, 2.45) is 12.2 Å². The maximum absolute atomic E-state index is 13.2. The first-order chi connectivity index (χ1) is 14.8. The molecule has 1 amide bonds. The highest BCUT2D eigenvalue weighted by atomic mass is 32.2. The Morgan fingerprint density at radius 1 is 1.03 bits per heavy atom. The standard InChI is InChI=1S/C23H22N4O3S/c1-15-12-13-17(31(24,29)30)14-18(15)23(28)26-21(16-8-4-3-5-9-16)22-25-19-10-6-7-11-20(19)27(22)2/h3-14,21H,1-2H3,(H,26,28)(H2,24,29,30). The van der Waals surface area contributed by atoms with E-state index in [1.807, 2.05) is 66.2 Å². The predicted molar refractivity (Wildman–Crippen MR) is 119 cm³/mol. The Hall–Kier alpha value is -3.49. The van der Waals surface area contributed by atoms with E-state index in [-0.39, 0.29) is 10.5 Å². The van der Waals surface area contributed by atoms with E-state index in [4.69, 9.17) is 10.1 Å². The van der Waals surface area contributed by atoms with Crippen molar-refractivity contribution in [2.45, 2.75) is 17.9 Å². The molecule has 0 radical (unpaired) electrons. The van der Waals surface area contributed by atoms with Crippen LogP contribution in [0.25, 0.3) is 11.0 Å². The van der Waals surface area contributed by atoms with Crippen molar-refractivity contribution in [1.29, 1.82) is 0 Å². The van der Waals surface area contributed by atoms with Gasteiger partial charge in [0.1, 0.15) is 11.9 Å². The van der Waals surface area contributed by atoms with Gasteiger partial charge < -0.3 is 9.88 Å². The van der Waals surface area contributed by atoms with Crippen LogP contribution in [0.2, 0.25) is 0 Å². The van der Waals surface area contributed by atoms with Gasteiger partial charge in [-0.25, -0.2) is 18.5 Å². The summed E-state index contributed by atoms with van der Waals surface area (Å²) in [6, 6.07) is 21.0. The Bertz CT molecular complexity index is 1380. The molecule has 4 rings (SSSR count). The van der Waals surface area contributed by atoms with Crippen molar-refractivity contribution in [3.63, 3.8) is 0 Å². The zero-order valence-electron chi connectivity index (χ0n) is 17.1. The van der Waals surface area contributed by atoms with E-state index in [0.717, 1.165) is 16.6 Å². The summed E-state index contributed by atoms with van der Waals surface area (Å²) >= 11 is 0. The minimum Gasteiger partial charge on any atom is -0.338 e. The molecule has 8 heteroatoms. The molecule has 3 N–H and O–H groups in total. The first kappa shape index (κ1) is 20.8. The molecule has 1 unspecified atom stereocenters. The van der Waals surface area contributed by atoms with Gasteiger partial charge >= 0.3 is 0 Å². The Morgan fingerprint density at radius 3 is 2.39 bits per heavy atom. The first-order valence-corrected chi connectivity index (χ1v) is 11.2. The number of benzene rings is 3. The quantitative estimate of drug-likeness (QED) is 0.503. The lowest BCUT2D eigenvalue weighted by Gasteiger charge is -2.20. The molecule has 158 valence electrons. The summed E-state index contributed by atoms with van der Waals surface area (Å²) in [4.78, 5) is 17.9. The van der Waals surface area contributed by atoms with Crippen molar-refractivity contribution in [3.05, 3.63) is 95.3 Å². The number of carbonyl (C=O) groups excluding carboxylic acids is 1. The number of amides is 1. The van der Waals surface area contributed by atoms with Crippen LogP contribution in [0.4, 0.5) is 0 Å². The molecule has 0 spiro atoms. The monoisotopic (exact) mass is 434 g/mol. The van der Waals surface area contributed by atoms with E-state index in [0.29, 0.717) is 11.4 Å². The van der Waals surface area contributed by atoms with E-state index in [2.05, 4.69) is 5.32 Å². The van der Waals surface area contributed by atoms with Crippen LogP contribution in [0.3, 0.4) is 0 Å². The highest BCUT2D eigenvalue weighted by molar-refractivity contribution is 7.89. The van der Waals surface area contributed by atoms with Gasteiger partial charge in [-0.3, -0.25) is 4.79 Å². The lowest BCUT2D eigenvalue weighted by molar-refractivity contribution is 0.0940. The number of rotatable bonds is 5. The zero-order chi connectivity index (χ0) is 22.2. The van der Waals surface area contributed by atoms with Crippen LogP contribution in [-0.2, 0) is 17.1 Å². The topological polar surface area (TPSA) is 107 Å². The number of nitrogens with zero attached hydrogens (tertiary/aromatic N) is 2. The molecular formula is C23H22N4O3S. The molecule has 3 aromatic carbocycles. The van der Waals surface area contributed by atoms with Crippen LogP contribution in [0.15, 0.2) is 77.7 Å². The van der Waals surface area contributed by atoms with Crippen LogP contribution in [0, 0.1) is 6.92 Å². The second kappa shape index (κ2) is 7.98. The van der Waals surface area contributed by atoms with Gasteiger partial charge in [0.15, 0.2) is 0 Å². The third-order valence-corrected chi connectivity index (χ3v) is 6.18. The van der Waals surface area contributed by atoms with Crippen molar-refractivity contribution < 1.29 is 13.2 Å². The van der Waals surface area contributed by atoms with E-state index in [1.54, 1.807) is 13.0 Å². The summed E-state index contributed by atoms with van der Waals surface area (Å²) in [6.45, 7) is 1.74. The molecule has 1 aromatic heterocycles. The smallest absolute Gasteiger partial charge is 0.252 e. The Morgan fingerprint density at radius 2 is 1.71 bits per heavy atom. The Balaban J connectivity index is 1.79. The second-order valence-corrected chi connectivity index (χ2v) is 8.92. The summed E-state index contributed by atoms with van der Waals surface area (Å²) in [7, 11) is -2.03. The third kappa shape index (κ3) is 4.08. The van der Waals surface area contributed by atoms with Crippen molar-refractivity contribution in [3.8, 4) is 0 Å². The number of imidazole rings is 1. The number of para-hydroxylation sites is 2. The molecule has 7 nitrogen and oxygen atoms in total. The van der Waals surface area contributed by atoms with Gasteiger partial charge in [-0.2, -0.15) is 0 Å². The first-order valence-electron chi connectivity index (χ1n) is 9.66. The molecule has 0 saturated heterocycles. The van der Waals surface area contributed by atoms with Crippen LogP contribution in [0.1, 0.15) is 33.4 Å². The van der Waals surface area contributed by atoms with Gasteiger partial charge in [0.05, 0.1) is 15.9 Å². The molecule has 0 aliphatic rings. The van der Waals surface area contributed by atoms with Crippen LogP contribution in [0.5, 0.6) is 0 Å². The second-order valence-electron chi connectivity index (χ2n) is 7.36. The Kier molecular flexibility index (Phi) is 5.34. The molecule has 0 fully saturated rings. The van der Waals surface area contributed by atoms with Gasteiger partial charge in [0.25, 0.3) is 5.91 Å². The van der Waals surface area contributed by atoms with Crippen LogP contribution < -0.4 is 10.5 Å². The number of hydrogen-bond acceptors (Lipinski definition) is 4. The molecule has 0 aliphatic heterocycles. The Labute approximate surface area is 180 Å². The minimum absolute atomic E-state index is 0.109. The normalized spacial score (nSPS) is 12.6. The highest BCUT2D eigenvalue weighted by Gasteiger charge is 2.24. The van der Waals surface area contributed by atoms with E-state index >= 15 is 0 Å². The van der Waals surface area contributed by atoms with Gasteiger partial charge in [0, 0.05) is 12.6 Å². The number of carbonyl (C=O) groups is 1. The molecule has 0 aliphatic carbocycles. The number of nitrogens with one attached hydrogen (secondary N) is 1. The van der Waals surface area contributed by atoms with E-state index in [1.165, 1.54) is 12.1 Å². The number of aromatic nitrogens is 2. The number of nitrogens with two attached hydrogens (primary N) is 1. The van der Waals surface area contributed by atoms with Crippen LogP contribution >= 0.6 is 0 Å². The average molecular weight is 435 g/mol. The lowest BCUT2D eigenvalue weighted by Crippen LogP contribution is -2.31. The zero-order valence-corrected chi connectivity index (χ0v) is 17.9. The SMILES string of the molecule is Cc1ccc(S(N)(=O)=O)cc1C(=O)NC(c1ccccc1)c1nc2ccccc2n1C. The van der Waals surface area contributed by atoms with Gasteiger partial charge in [0.2, 0.25) is 10.0 Å². The van der Waals surface area contributed by atoms with Gasteiger partial charge in [-0.15, -0.1) is 0 Å². The van der Waals surface area contributed by atoms with Crippen molar-refractivity contribution in [1.82, 2.24) is 14.9 Å². The summed E-state index contributed by atoms with van der Waals surface area (Å²) in [5.74, 6) is 0.255. The molecule has 0 saturated carbocycles. The van der Waals surface area contributed by atoms with Crippen molar-refractivity contribution in [2.75, 3.05) is 0 Å². The number of primary sulfonamides is 1. The number of aryl methyl sites for hydroxylation is 2. The summed E-state index contributed by atoms with van der Waals surface area (Å²) in [5.41, 5.74) is 3.50. The fourth-order valence-corrected chi connectivity index (χ4v) is 4.14. The average Bonchev–Trinajstić information content (AvgIpc) is 3.08. The maximum Gasteiger partial charge on any atom is 0.252 e. The number of hydrogen-bond donors (Lipinski definition) is 2. The summed E-state index contributed by atoms with van der Waals surface area (Å²) < 4.78 is 25.5. The molecule has 1 heterocycles. The number of sulfonamides is 1. The summed E-state index contributed by atoms with van der Waals surface area (Å²) in [6.07, 6.45) is 0. The molecule has 1 atom stereocenters. The molecule has 31 heavy (non-hydrogen) atoms. The van der Waals surface area contributed by atoms with Gasteiger partial charge in [-0.1, -0.05) is 48.5 Å². The number of fused-ring (bicyclic) bond motifs is 1. The fourth-order valence-electron chi connectivity index (χ4n) is 3.60. The molecular weight excluding hydrogens is 412 g/mol. The van der Waals surface area contributed by atoms with Crippen LogP contribution in [-0.4, -0.2) is 23.9 Å². The molecule has 0 bridgehead atoms. The fraction of sp³-hybridized carbons (Fsp3) is 0.130. The van der Waals surface area contributed by atoms with E-state index in [9.17, 15) is 13.2 Å². The van der Waals surface area contributed by atoms with Gasteiger partial charge in [-0.05, 0) is 42.3 Å².